The third kappa shape index (κ3) is 3.39. The van der Waals surface area contributed by atoms with Crippen molar-refractivity contribution in [3.8, 4) is 5.75 Å². The second-order valence-electron chi connectivity index (χ2n) is 5.36. The molecule has 0 amide bonds. The molecule has 10 heteroatoms. The van der Waals surface area contributed by atoms with E-state index in [4.69, 9.17) is 4.74 Å². The van der Waals surface area contributed by atoms with Gasteiger partial charge in [0.15, 0.2) is 16.8 Å². The summed E-state index contributed by atoms with van der Waals surface area (Å²) in [6.45, 7) is 0.993. The Balaban J connectivity index is 1.71. The predicted octanol–water partition coefficient (Wildman–Crippen LogP) is 1.45. The first-order valence-electron chi connectivity index (χ1n) is 7.60. The zero-order chi connectivity index (χ0) is 17.2. The number of aromatic nitrogens is 3. The minimum atomic E-state index is -1.51. The predicted molar refractivity (Wildman–Crippen MR) is 92.0 cm³/mol. The maximum atomic E-state index is 13.6. The van der Waals surface area contributed by atoms with E-state index in [9.17, 15) is 8.60 Å². The number of nitrogens with one attached hydrogen (secondary N) is 3. The summed E-state index contributed by atoms with van der Waals surface area (Å²) in [6, 6.07) is 6.10. The van der Waals surface area contributed by atoms with Gasteiger partial charge >= 0.3 is 0 Å². The largest absolute Gasteiger partial charge is 0.492 e. The van der Waals surface area contributed by atoms with E-state index in [0.717, 1.165) is 0 Å². The van der Waals surface area contributed by atoms with Crippen LogP contribution >= 0.6 is 0 Å². The lowest BCUT2D eigenvalue weighted by Crippen LogP contribution is -2.28. The Labute approximate surface area is 145 Å². The van der Waals surface area contributed by atoms with Crippen LogP contribution in [0.4, 0.5) is 15.9 Å². The highest BCUT2D eigenvalue weighted by Crippen LogP contribution is 2.22. The van der Waals surface area contributed by atoms with Crippen molar-refractivity contribution in [2.75, 3.05) is 23.2 Å². The fraction of sp³-hybridized carbons (Fsp3) is 0.200. The van der Waals surface area contributed by atoms with Gasteiger partial charge in [-0.25, -0.2) is 22.8 Å². The summed E-state index contributed by atoms with van der Waals surface area (Å²) in [5.41, 5.74) is 1.75. The quantitative estimate of drug-likeness (QED) is 0.563. The average molecular weight is 362 g/mol. The summed E-state index contributed by atoms with van der Waals surface area (Å²) >= 11 is -1.51. The highest BCUT2D eigenvalue weighted by atomic mass is 32.2. The highest BCUT2D eigenvalue weighted by Gasteiger charge is 2.12. The van der Waals surface area contributed by atoms with E-state index in [2.05, 4.69) is 24.8 Å². The molecule has 8 nitrogen and oxygen atoms in total. The number of nitrogens with zero attached hydrogens (tertiary/aromatic N) is 3. The molecule has 1 aromatic carbocycles. The fourth-order valence-electron chi connectivity index (χ4n) is 2.48. The van der Waals surface area contributed by atoms with Gasteiger partial charge in [-0.15, -0.1) is 0 Å². The zero-order valence-corrected chi connectivity index (χ0v) is 13.8. The van der Waals surface area contributed by atoms with Crippen LogP contribution in [0.15, 0.2) is 36.7 Å². The number of benzene rings is 1. The molecule has 1 aliphatic rings. The van der Waals surface area contributed by atoms with E-state index in [1.165, 1.54) is 12.1 Å². The topological polar surface area (TPSA) is 92.6 Å². The maximum absolute atomic E-state index is 13.6. The number of halogens is 1. The van der Waals surface area contributed by atoms with Crippen molar-refractivity contribution in [3.63, 3.8) is 0 Å². The zero-order valence-electron chi connectivity index (χ0n) is 13.0. The van der Waals surface area contributed by atoms with Crippen LogP contribution < -0.4 is 19.5 Å². The summed E-state index contributed by atoms with van der Waals surface area (Å²) in [6.07, 6.45) is 3.29. The molecule has 1 aliphatic heterocycles. The Morgan fingerprint density at radius 1 is 1.32 bits per heavy atom. The molecule has 0 fully saturated rings. The van der Waals surface area contributed by atoms with Crippen LogP contribution in [0.25, 0.3) is 5.65 Å². The number of ether oxygens (including phenoxy) is 1. The van der Waals surface area contributed by atoms with Gasteiger partial charge in [0.25, 0.3) is 0 Å². The van der Waals surface area contributed by atoms with Gasteiger partial charge in [-0.05, 0) is 24.3 Å². The first kappa shape index (κ1) is 15.8. The van der Waals surface area contributed by atoms with Gasteiger partial charge in [-0.1, -0.05) is 0 Å². The normalized spacial score (nSPS) is 17.9. The number of fused-ring (bicyclic) bond motifs is 2. The summed E-state index contributed by atoms with van der Waals surface area (Å²) in [5, 5.41) is 7.31. The Hall–Kier alpha value is -2.72. The molecule has 1 unspecified atom stereocenters. The minimum absolute atomic E-state index is 0.291. The maximum Gasteiger partial charge on any atom is 0.193 e. The van der Waals surface area contributed by atoms with E-state index in [1.807, 2.05) is 0 Å². The lowest BCUT2D eigenvalue weighted by Gasteiger charge is -2.14. The van der Waals surface area contributed by atoms with Crippen molar-refractivity contribution in [3.05, 3.63) is 48.0 Å². The van der Waals surface area contributed by atoms with Gasteiger partial charge in [-0.2, -0.15) is 5.10 Å². The van der Waals surface area contributed by atoms with Crippen LogP contribution in [0.2, 0.25) is 0 Å². The molecule has 130 valence electrons. The van der Waals surface area contributed by atoms with Crippen LogP contribution in [-0.2, 0) is 17.7 Å². The standard InChI is InChI=1S/C15H15FN6O2S/c16-11-1-2-13-10(7-11)8-17-14-3-5-22-15(20-14)12(9-18-22)21-25(23)19-4-6-24-13/h1-3,5,7,9,19,21H,4,6,8H2,(H,17,20). The first-order chi connectivity index (χ1) is 12.2. The van der Waals surface area contributed by atoms with Crippen LogP contribution in [-0.4, -0.2) is 32.0 Å². The second kappa shape index (κ2) is 6.65. The number of rotatable bonds is 0. The van der Waals surface area contributed by atoms with Crippen molar-refractivity contribution in [1.82, 2.24) is 19.3 Å². The summed E-state index contributed by atoms with van der Waals surface area (Å²) in [7, 11) is 0. The number of hydrogen-bond acceptors (Lipinski definition) is 5. The Kier molecular flexibility index (Phi) is 4.20. The molecule has 2 aromatic heterocycles. The summed E-state index contributed by atoms with van der Waals surface area (Å²) < 4.78 is 38.5. The molecule has 1 atom stereocenters. The lowest BCUT2D eigenvalue weighted by atomic mass is 10.2. The van der Waals surface area contributed by atoms with Gasteiger partial charge in [0.1, 0.15) is 29.7 Å². The number of anilines is 2. The fourth-order valence-corrected chi connectivity index (χ4v) is 3.17. The van der Waals surface area contributed by atoms with Gasteiger partial charge in [-0.3, -0.25) is 4.72 Å². The van der Waals surface area contributed by atoms with Gasteiger partial charge in [0, 0.05) is 24.8 Å². The molecular formula is C15H15FN6O2S. The van der Waals surface area contributed by atoms with Crippen LogP contribution in [0, 0.1) is 5.82 Å². The monoisotopic (exact) mass is 362 g/mol. The summed E-state index contributed by atoms with van der Waals surface area (Å²) in [5.74, 6) is 0.815. The molecule has 3 heterocycles. The van der Waals surface area contributed by atoms with Gasteiger partial charge in [0.2, 0.25) is 0 Å². The highest BCUT2D eigenvalue weighted by molar-refractivity contribution is 7.84. The molecule has 0 radical (unpaired) electrons. The smallest absolute Gasteiger partial charge is 0.193 e. The molecule has 0 aliphatic carbocycles. The van der Waals surface area contributed by atoms with Crippen LogP contribution in [0.1, 0.15) is 5.56 Å². The van der Waals surface area contributed by atoms with Crippen molar-refractivity contribution in [2.45, 2.75) is 6.54 Å². The number of hydrogen-bond donors (Lipinski definition) is 3. The van der Waals surface area contributed by atoms with Crippen molar-refractivity contribution in [1.29, 1.82) is 0 Å². The van der Waals surface area contributed by atoms with Gasteiger partial charge < -0.3 is 10.1 Å². The molecule has 0 saturated carbocycles. The van der Waals surface area contributed by atoms with E-state index in [-0.39, 0.29) is 5.82 Å². The van der Waals surface area contributed by atoms with Gasteiger partial charge in [0.05, 0.1) is 6.20 Å². The van der Waals surface area contributed by atoms with Crippen molar-refractivity contribution in [2.24, 2.45) is 0 Å². The van der Waals surface area contributed by atoms with E-state index in [0.29, 0.717) is 48.2 Å². The lowest BCUT2D eigenvalue weighted by molar-refractivity contribution is 0.320. The van der Waals surface area contributed by atoms with Crippen molar-refractivity contribution >= 4 is 28.3 Å². The molecule has 4 rings (SSSR count). The Bertz CT molecular complexity index is 947. The average Bonchev–Trinajstić information content (AvgIpc) is 3.00. The van der Waals surface area contributed by atoms with Crippen LogP contribution in [0.3, 0.4) is 0 Å². The molecule has 2 bridgehead atoms. The molecular weight excluding hydrogens is 347 g/mol. The Morgan fingerprint density at radius 2 is 2.24 bits per heavy atom. The molecule has 0 spiro atoms. The third-order valence-corrected chi connectivity index (χ3v) is 4.52. The van der Waals surface area contributed by atoms with E-state index >= 15 is 0 Å². The van der Waals surface area contributed by atoms with E-state index < -0.39 is 11.2 Å². The van der Waals surface area contributed by atoms with Crippen LogP contribution in [0.5, 0.6) is 5.75 Å². The third-order valence-electron chi connectivity index (χ3n) is 3.65. The molecule has 0 saturated heterocycles. The first-order valence-corrected chi connectivity index (χ1v) is 8.75. The SMILES string of the molecule is O=S1NCCOc2ccc(F)cc2CNc2ccn3ncc(c3n2)N1. The van der Waals surface area contributed by atoms with Crippen molar-refractivity contribution < 1.29 is 13.3 Å². The minimum Gasteiger partial charge on any atom is -0.492 e. The second-order valence-corrected chi connectivity index (χ2v) is 6.39. The Morgan fingerprint density at radius 3 is 3.16 bits per heavy atom. The van der Waals surface area contributed by atoms with E-state index in [1.54, 1.807) is 29.0 Å². The molecule has 3 N–H and O–H groups in total. The summed E-state index contributed by atoms with van der Waals surface area (Å²) in [4.78, 5) is 4.46. The molecule has 3 aromatic rings. The molecule has 25 heavy (non-hydrogen) atoms.